The lowest BCUT2D eigenvalue weighted by Crippen LogP contribution is -2.10. The Morgan fingerprint density at radius 2 is 1.96 bits per heavy atom. The average Bonchev–Trinajstić information content (AvgIpc) is 2.61. The van der Waals surface area contributed by atoms with Gasteiger partial charge in [0.25, 0.3) is 0 Å². The summed E-state index contributed by atoms with van der Waals surface area (Å²) < 4.78 is 25.2. The van der Waals surface area contributed by atoms with Crippen LogP contribution in [0.15, 0.2) is 41.3 Å². The highest BCUT2D eigenvalue weighted by Gasteiger charge is 2.16. The Kier molecular flexibility index (Phi) is 4.74. The highest BCUT2D eigenvalue weighted by atomic mass is 19.1. The molecule has 4 nitrogen and oxygen atoms in total. The molecule has 0 unspecified atom stereocenters. The van der Waals surface area contributed by atoms with Crippen LogP contribution in [-0.2, 0) is 0 Å². The number of aromatic amines is 1. The van der Waals surface area contributed by atoms with E-state index in [2.05, 4.69) is 4.98 Å². The maximum absolute atomic E-state index is 14.4. The summed E-state index contributed by atoms with van der Waals surface area (Å²) in [4.78, 5) is 16.0. The van der Waals surface area contributed by atoms with Crippen molar-refractivity contribution in [3.8, 4) is 22.6 Å². The number of methoxy groups -OCH3 is 1. The van der Waals surface area contributed by atoms with Gasteiger partial charge < -0.3 is 14.5 Å². The number of benzene rings is 2. The molecule has 3 aromatic rings. The number of hydrogen-bond acceptors (Lipinski definition) is 3. The highest BCUT2D eigenvalue weighted by molar-refractivity contribution is 5.88. The van der Waals surface area contributed by atoms with Gasteiger partial charge in [-0.15, -0.1) is 0 Å². The smallest absolute Gasteiger partial charge is 0.200 e. The van der Waals surface area contributed by atoms with E-state index in [-0.39, 0.29) is 10.8 Å². The normalized spacial score (nSPS) is 10.9. The molecule has 5 heteroatoms. The van der Waals surface area contributed by atoms with Crippen LogP contribution in [0.1, 0.15) is 18.9 Å². The second kappa shape index (κ2) is 6.97. The molecule has 0 radical (unpaired) electrons. The molecule has 0 aliphatic rings. The van der Waals surface area contributed by atoms with Gasteiger partial charge in [-0.25, -0.2) is 4.39 Å². The van der Waals surface area contributed by atoms with Crippen LogP contribution in [-0.4, -0.2) is 18.7 Å². The molecule has 1 N–H and O–H groups in total. The Labute approximate surface area is 145 Å². The van der Waals surface area contributed by atoms with Crippen molar-refractivity contribution in [2.45, 2.75) is 20.3 Å². The lowest BCUT2D eigenvalue weighted by molar-refractivity contribution is 0.320. The van der Waals surface area contributed by atoms with E-state index in [4.69, 9.17) is 9.47 Å². The first-order valence-electron chi connectivity index (χ1n) is 8.18. The van der Waals surface area contributed by atoms with Gasteiger partial charge in [-0.3, -0.25) is 4.79 Å². The van der Waals surface area contributed by atoms with E-state index in [9.17, 15) is 9.18 Å². The van der Waals surface area contributed by atoms with Crippen molar-refractivity contribution in [2.75, 3.05) is 13.7 Å². The van der Waals surface area contributed by atoms with Gasteiger partial charge in [0.2, 0.25) is 0 Å². The lowest BCUT2D eigenvalue weighted by Gasteiger charge is -2.12. The van der Waals surface area contributed by atoms with Crippen LogP contribution in [0.25, 0.3) is 22.0 Å². The summed E-state index contributed by atoms with van der Waals surface area (Å²) in [7, 11) is 1.59. The molecule has 0 aliphatic heterocycles. The van der Waals surface area contributed by atoms with Crippen molar-refractivity contribution in [1.82, 2.24) is 4.98 Å². The molecule has 0 spiro atoms. The minimum atomic E-state index is -0.562. The molecular formula is C20H20FNO3. The van der Waals surface area contributed by atoms with Gasteiger partial charge in [-0.05, 0) is 48.7 Å². The first-order valence-corrected chi connectivity index (χ1v) is 8.18. The molecule has 0 saturated heterocycles. The number of pyridine rings is 1. The van der Waals surface area contributed by atoms with E-state index in [0.29, 0.717) is 29.2 Å². The van der Waals surface area contributed by atoms with Gasteiger partial charge >= 0.3 is 0 Å². The number of ether oxygens (including phenoxy) is 2. The molecule has 0 fully saturated rings. The summed E-state index contributed by atoms with van der Waals surface area (Å²) in [5.41, 5.74) is 2.06. The number of H-pyrrole nitrogens is 1. The molecule has 0 saturated carbocycles. The standard InChI is InChI=1S/C20H20FNO3/c1-4-9-25-17-8-7-16(21)18-19(17)22-11-15(20(18)23)14-6-5-13(24-3)10-12(14)2/h5-8,10-11H,4,9H2,1-3H3,(H,22,23). The van der Waals surface area contributed by atoms with Crippen LogP contribution < -0.4 is 14.9 Å². The number of hydrogen-bond donors (Lipinski definition) is 1. The number of fused-ring (bicyclic) bond motifs is 1. The first kappa shape index (κ1) is 17.0. The number of nitrogens with one attached hydrogen (secondary N) is 1. The monoisotopic (exact) mass is 341 g/mol. The fourth-order valence-electron chi connectivity index (χ4n) is 2.87. The molecule has 0 aliphatic carbocycles. The molecule has 2 aromatic carbocycles. The summed E-state index contributed by atoms with van der Waals surface area (Å²) >= 11 is 0. The van der Waals surface area contributed by atoms with Gasteiger partial charge in [-0.1, -0.05) is 13.0 Å². The van der Waals surface area contributed by atoms with E-state index in [1.165, 1.54) is 6.07 Å². The minimum absolute atomic E-state index is 0.0151. The summed E-state index contributed by atoms with van der Waals surface area (Å²) in [5.74, 6) is 0.626. The molecular weight excluding hydrogens is 321 g/mol. The maximum Gasteiger partial charge on any atom is 0.200 e. The zero-order valence-corrected chi connectivity index (χ0v) is 14.5. The average molecular weight is 341 g/mol. The van der Waals surface area contributed by atoms with Gasteiger partial charge in [0.15, 0.2) is 5.43 Å². The molecule has 1 heterocycles. The van der Waals surface area contributed by atoms with Crippen molar-refractivity contribution < 1.29 is 13.9 Å². The van der Waals surface area contributed by atoms with Gasteiger partial charge in [0.1, 0.15) is 17.3 Å². The van der Waals surface area contributed by atoms with E-state index in [1.54, 1.807) is 31.5 Å². The quantitative estimate of drug-likeness (QED) is 0.746. The summed E-state index contributed by atoms with van der Waals surface area (Å²) in [6.07, 6.45) is 2.43. The maximum atomic E-state index is 14.4. The zero-order valence-electron chi connectivity index (χ0n) is 14.5. The Morgan fingerprint density at radius 3 is 2.64 bits per heavy atom. The van der Waals surface area contributed by atoms with Crippen LogP contribution in [0, 0.1) is 12.7 Å². The highest BCUT2D eigenvalue weighted by Crippen LogP contribution is 2.29. The largest absolute Gasteiger partial charge is 0.497 e. The molecule has 0 bridgehead atoms. The topological polar surface area (TPSA) is 51.3 Å². The van der Waals surface area contributed by atoms with Crippen LogP contribution in [0.3, 0.4) is 0 Å². The number of rotatable bonds is 5. The predicted molar refractivity (Wildman–Crippen MR) is 97.0 cm³/mol. The molecule has 130 valence electrons. The molecule has 0 amide bonds. The Morgan fingerprint density at radius 1 is 1.16 bits per heavy atom. The second-order valence-corrected chi connectivity index (χ2v) is 5.86. The van der Waals surface area contributed by atoms with E-state index in [1.807, 2.05) is 19.9 Å². The summed E-state index contributed by atoms with van der Waals surface area (Å²) in [5, 5.41) is 0.0151. The molecule has 1 aromatic heterocycles. The zero-order chi connectivity index (χ0) is 18.0. The fourth-order valence-corrected chi connectivity index (χ4v) is 2.87. The third-order valence-corrected chi connectivity index (χ3v) is 4.13. The minimum Gasteiger partial charge on any atom is -0.497 e. The predicted octanol–water partition coefficient (Wildman–Crippen LogP) is 4.44. The van der Waals surface area contributed by atoms with Crippen LogP contribution in [0.2, 0.25) is 0 Å². The third kappa shape index (κ3) is 3.09. The van der Waals surface area contributed by atoms with Crippen LogP contribution in [0.5, 0.6) is 11.5 Å². The van der Waals surface area contributed by atoms with Crippen molar-refractivity contribution in [1.29, 1.82) is 0 Å². The molecule has 0 atom stereocenters. The third-order valence-electron chi connectivity index (χ3n) is 4.13. The van der Waals surface area contributed by atoms with Crippen LogP contribution >= 0.6 is 0 Å². The van der Waals surface area contributed by atoms with Gasteiger partial charge in [0.05, 0.1) is 24.6 Å². The van der Waals surface area contributed by atoms with E-state index in [0.717, 1.165) is 17.5 Å². The van der Waals surface area contributed by atoms with Crippen molar-refractivity contribution in [2.24, 2.45) is 0 Å². The Balaban J connectivity index is 2.21. The van der Waals surface area contributed by atoms with Gasteiger partial charge in [0, 0.05) is 11.8 Å². The summed E-state index contributed by atoms with van der Waals surface area (Å²) in [6.45, 7) is 4.37. The molecule has 3 rings (SSSR count). The number of aryl methyl sites for hydroxylation is 1. The SMILES string of the molecule is CCCOc1ccc(F)c2c(=O)c(-c3ccc(OC)cc3C)c[nH]c12. The number of halogens is 1. The van der Waals surface area contributed by atoms with Gasteiger partial charge in [-0.2, -0.15) is 0 Å². The second-order valence-electron chi connectivity index (χ2n) is 5.86. The van der Waals surface area contributed by atoms with Crippen molar-refractivity contribution in [3.63, 3.8) is 0 Å². The number of aromatic nitrogens is 1. The Bertz CT molecular complexity index is 979. The lowest BCUT2D eigenvalue weighted by atomic mass is 9.99. The Hall–Kier alpha value is -2.82. The van der Waals surface area contributed by atoms with Crippen molar-refractivity contribution >= 4 is 10.9 Å². The van der Waals surface area contributed by atoms with E-state index >= 15 is 0 Å². The summed E-state index contributed by atoms with van der Waals surface area (Å²) in [6, 6.07) is 8.24. The fraction of sp³-hybridized carbons (Fsp3) is 0.250. The van der Waals surface area contributed by atoms with Crippen molar-refractivity contribution in [3.05, 3.63) is 58.1 Å². The molecule has 25 heavy (non-hydrogen) atoms. The first-order chi connectivity index (χ1) is 12.1. The van der Waals surface area contributed by atoms with Crippen LogP contribution in [0.4, 0.5) is 4.39 Å². The van der Waals surface area contributed by atoms with E-state index < -0.39 is 5.82 Å².